The molecule has 0 aromatic heterocycles. The second-order valence-corrected chi connectivity index (χ2v) is 3.32. The van der Waals surface area contributed by atoms with Gasteiger partial charge in [-0.2, -0.15) is 0 Å². The molecule has 1 aromatic rings. The molecule has 0 saturated heterocycles. The fourth-order valence-corrected chi connectivity index (χ4v) is 1.08. The summed E-state index contributed by atoms with van der Waals surface area (Å²) in [7, 11) is 1.17. The number of rotatable bonds is 3. The highest BCUT2D eigenvalue weighted by Gasteiger charge is 2.13. The van der Waals surface area contributed by atoms with Crippen LogP contribution < -0.4 is 5.73 Å². The predicted octanol–water partition coefficient (Wildman–Crippen LogP) is 1.05. The number of ether oxygens (including phenoxy) is 2. The van der Waals surface area contributed by atoms with E-state index in [4.69, 9.17) is 5.73 Å². The third-order valence-electron chi connectivity index (χ3n) is 2.17. The van der Waals surface area contributed by atoms with Crippen molar-refractivity contribution < 1.29 is 23.5 Å². The van der Waals surface area contributed by atoms with E-state index >= 15 is 0 Å². The van der Waals surface area contributed by atoms with Crippen LogP contribution in [0.3, 0.4) is 0 Å². The molecule has 0 radical (unpaired) electrons. The summed E-state index contributed by atoms with van der Waals surface area (Å²) in [5.74, 6) is -2.13. The van der Waals surface area contributed by atoms with Gasteiger partial charge in [0.25, 0.3) is 0 Å². The molecule has 0 unspecified atom stereocenters. The molecule has 0 amide bonds. The zero-order valence-electron chi connectivity index (χ0n) is 9.45. The van der Waals surface area contributed by atoms with Crippen LogP contribution in [0.1, 0.15) is 15.9 Å². The van der Waals surface area contributed by atoms with Gasteiger partial charge in [-0.05, 0) is 19.1 Å². The lowest BCUT2D eigenvalue weighted by atomic mass is 10.1. The molecule has 0 aliphatic heterocycles. The standard InChI is InChI=1S/C11H12FNO4/c1-6-8(12)3-7(4-9(6)13)11(15)17-5-10(14)16-2/h3-4H,5,13H2,1-2H3. The third kappa shape index (κ3) is 3.17. The molecular weight excluding hydrogens is 229 g/mol. The smallest absolute Gasteiger partial charge is 0.344 e. The van der Waals surface area contributed by atoms with E-state index in [9.17, 15) is 14.0 Å². The van der Waals surface area contributed by atoms with Crippen LogP contribution in [-0.2, 0) is 14.3 Å². The molecule has 0 fully saturated rings. The Kier molecular flexibility index (Phi) is 4.03. The van der Waals surface area contributed by atoms with Gasteiger partial charge in [0.1, 0.15) is 5.82 Å². The van der Waals surface area contributed by atoms with E-state index in [2.05, 4.69) is 9.47 Å². The van der Waals surface area contributed by atoms with Crippen molar-refractivity contribution in [1.29, 1.82) is 0 Å². The lowest BCUT2D eigenvalue weighted by Gasteiger charge is -2.06. The first kappa shape index (κ1) is 13.0. The Morgan fingerprint density at radius 3 is 2.59 bits per heavy atom. The molecule has 0 saturated carbocycles. The third-order valence-corrected chi connectivity index (χ3v) is 2.17. The number of nitrogen functional groups attached to an aromatic ring is 1. The summed E-state index contributed by atoms with van der Waals surface area (Å²) in [4.78, 5) is 22.2. The summed E-state index contributed by atoms with van der Waals surface area (Å²) in [5, 5.41) is 0. The number of nitrogens with two attached hydrogens (primary N) is 1. The fraction of sp³-hybridized carbons (Fsp3) is 0.273. The van der Waals surface area contributed by atoms with Gasteiger partial charge in [0.15, 0.2) is 6.61 Å². The lowest BCUT2D eigenvalue weighted by Crippen LogP contribution is -2.15. The minimum absolute atomic E-state index is 0.0468. The summed E-state index contributed by atoms with van der Waals surface area (Å²) >= 11 is 0. The number of halogens is 1. The monoisotopic (exact) mass is 241 g/mol. The van der Waals surface area contributed by atoms with Crippen molar-refractivity contribution in [3.8, 4) is 0 Å². The second kappa shape index (κ2) is 5.29. The summed E-state index contributed by atoms with van der Waals surface area (Å²) in [6.07, 6.45) is 0. The van der Waals surface area contributed by atoms with E-state index in [-0.39, 0.29) is 16.8 Å². The summed E-state index contributed by atoms with van der Waals surface area (Å²) in [6.45, 7) is 0.971. The number of methoxy groups -OCH3 is 1. The Bertz CT molecular complexity index is 436. The number of hydrogen-bond acceptors (Lipinski definition) is 5. The van der Waals surface area contributed by atoms with Crippen LogP contribution in [0, 0.1) is 12.7 Å². The van der Waals surface area contributed by atoms with Gasteiger partial charge in [0.2, 0.25) is 0 Å². The first-order valence-electron chi connectivity index (χ1n) is 4.75. The van der Waals surface area contributed by atoms with E-state index in [1.807, 2.05) is 0 Å². The summed E-state index contributed by atoms with van der Waals surface area (Å²) in [6, 6.07) is 2.29. The Morgan fingerprint density at radius 2 is 2.06 bits per heavy atom. The fourth-order valence-electron chi connectivity index (χ4n) is 1.08. The molecule has 92 valence electrons. The van der Waals surface area contributed by atoms with Crippen molar-refractivity contribution >= 4 is 17.6 Å². The largest absolute Gasteiger partial charge is 0.466 e. The molecule has 0 atom stereocenters. The summed E-state index contributed by atoms with van der Waals surface area (Å²) in [5.41, 5.74) is 5.86. The van der Waals surface area contributed by atoms with Gasteiger partial charge >= 0.3 is 11.9 Å². The maximum Gasteiger partial charge on any atom is 0.344 e. The minimum Gasteiger partial charge on any atom is -0.466 e. The van der Waals surface area contributed by atoms with Crippen LogP contribution in [0.5, 0.6) is 0 Å². The average Bonchev–Trinajstić information content (AvgIpc) is 2.31. The van der Waals surface area contributed by atoms with Gasteiger partial charge in [-0.1, -0.05) is 0 Å². The molecule has 0 aliphatic rings. The zero-order chi connectivity index (χ0) is 13.0. The van der Waals surface area contributed by atoms with E-state index in [0.29, 0.717) is 0 Å². The number of carbonyl (C=O) groups excluding carboxylic acids is 2. The van der Waals surface area contributed by atoms with Crippen molar-refractivity contribution in [2.45, 2.75) is 6.92 Å². The highest BCUT2D eigenvalue weighted by Crippen LogP contribution is 2.18. The maximum absolute atomic E-state index is 13.3. The molecular formula is C11H12FNO4. The van der Waals surface area contributed by atoms with Crippen molar-refractivity contribution in [2.24, 2.45) is 0 Å². The van der Waals surface area contributed by atoms with Gasteiger partial charge in [0, 0.05) is 11.3 Å². The van der Waals surface area contributed by atoms with Crippen LogP contribution in [0.15, 0.2) is 12.1 Å². The Labute approximate surface area is 97.3 Å². The van der Waals surface area contributed by atoms with Crippen LogP contribution in [0.4, 0.5) is 10.1 Å². The van der Waals surface area contributed by atoms with Crippen LogP contribution in [0.25, 0.3) is 0 Å². The van der Waals surface area contributed by atoms with Crippen molar-refractivity contribution in [3.63, 3.8) is 0 Å². The normalized spacial score (nSPS) is 9.82. The SMILES string of the molecule is COC(=O)COC(=O)c1cc(N)c(C)c(F)c1. The topological polar surface area (TPSA) is 78.6 Å². The minimum atomic E-state index is -0.832. The van der Waals surface area contributed by atoms with Gasteiger partial charge in [0.05, 0.1) is 12.7 Å². The van der Waals surface area contributed by atoms with Crippen LogP contribution >= 0.6 is 0 Å². The Hall–Kier alpha value is -2.11. The molecule has 1 aromatic carbocycles. The average molecular weight is 241 g/mol. The Morgan fingerprint density at radius 1 is 1.41 bits per heavy atom. The quantitative estimate of drug-likeness (QED) is 0.632. The van der Waals surface area contributed by atoms with Gasteiger partial charge in [-0.25, -0.2) is 14.0 Å². The van der Waals surface area contributed by atoms with Gasteiger partial charge in [-0.15, -0.1) is 0 Å². The summed E-state index contributed by atoms with van der Waals surface area (Å²) < 4.78 is 22.2. The number of benzene rings is 1. The van der Waals surface area contributed by atoms with E-state index in [1.54, 1.807) is 0 Å². The zero-order valence-corrected chi connectivity index (χ0v) is 9.45. The number of anilines is 1. The van der Waals surface area contributed by atoms with E-state index in [0.717, 1.165) is 6.07 Å². The molecule has 0 spiro atoms. The second-order valence-electron chi connectivity index (χ2n) is 3.32. The predicted molar refractivity (Wildman–Crippen MR) is 57.8 cm³/mol. The van der Waals surface area contributed by atoms with Crippen molar-refractivity contribution in [2.75, 3.05) is 19.5 Å². The van der Waals surface area contributed by atoms with E-state index < -0.39 is 24.4 Å². The highest BCUT2D eigenvalue weighted by molar-refractivity contribution is 5.92. The first-order chi connectivity index (χ1) is 7.95. The molecule has 1 rings (SSSR count). The van der Waals surface area contributed by atoms with Crippen molar-refractivity contribution in [1.82, 2.24) is 0 Å². The molecule has 0 heterocycles. The van der Waals surface area contributed by atoms with Gasteiger partial charge < -0.3 is 15.2 Å². The van der Waals surface area contributed by atoms with Crippen molar-refractivity contribution in [3.05, 3.63) is 29.1 Å². The number of carbonyl (C=O) groups is 2. The van der Waals surface area contributed by atoms with E-state index in [1.165, 1.54) is 20.1 Å². The Balaban J connectivity index is 2.80. The highest BCUT2D eigenvalue weighted by atomic mass is 19.1. The number of esters is 2. The molecule has 0 bridgehead atoms. The molecule has 6 heteroatoms. The number of hydrogen-bond donors (Lipinski definition) is 1. The first-order valence-corrected chi connectivity index (χ1v) is 4.75. The lowest BCUT2D eigenvalue weighted by molar-refractivity contribution is -0.144. The van der Waals surface area contributed by atoms with Crippen LogP contribution in [-0.4, -0.2) is 25.7 Å². The maximum atomic E-state index is 13.3. The van der Waals surface area contributed by atoms with Crippen LogP contribution in [0.2, 0.25) is 0 Å². The molecule has 5 nitrogen and oxygen atoms in total. The molecule has 17 heavy (non-hydrogen) atoms. The molecule has 0 aliphatic carbocycles. The van der Waals surface area contributed by atoms with Gasteiger partial charge in [-0.3, -0.25) is 0 Å². The molecule has 2 N–H and O–H groups in total.